The topological polar surface area (TPSA) is 176 Å². The van der Waals surface area contributed by atoms with Gasteiger partial charge in [0.2, 0.25) is 17.7 Å². The third-order valence-corrected chi connectivity index (χ3v) is 5.73. The van der Waals surface area contributed by atoms with Crippen molar-refractivity contribution in [2.75, 3.05) is 58.2 Å². The van der Waals surface area contributed by atoms with Crippen molar-refractivity contribution in [2.24, 2.45) is 0 Å². The van der Waals surface area contributed by atoms with Crippen molar-refractivity contribution < 1.29 is 52.5 Å². The van der Waals surface area contributed by atoms with Crippen LogP contribution < -0.4 is 10.6 Å². The summed E-state index contributed by atoms with van der Waals surface area (Å²) >= 11 is 0. The summed E-state index contributed by atoms with van der Waals surface area (Å²) in [6.07, 6.45) is 0.0396. The molecular weight excluding hydrogens is 542 g/mol. The summed E-state index contributed by atoms with van der Waals surface area (Å²) in [5.41, 5.74) is -0.402. The second-order valence-corrected chi connectivity index (χ2v) is 10.1. The molecule has 5 amide bonds. The fourth-order valence-corrected chi connectivity index (χ4v) is 4.05. The van der Waals surface area contributed by atoms with E-state index in [1.54, 1.807) is 20.8 Å². The molecule has 0 aliphatic carbocycles. The Morgan fingerprint density at radius 3 is 2.12 bits per heavy atom. The van der Waals surface area contributed by atoms with Crippen LogP contribution in [0.3, 0.4) is 0 Å². The van der Waals surface area contributed by atoms with E-state index in [2.05, 4.69) is 10.6 Å². The normalized spacial score (nSPS) is 17.0. The quantitative estimate of drug-likeness (QED) is 0.168. The molecule has 0 radical (unpaired) electrons. The number of fused-ring (bicyclic) bond motifs is 1. The maximum atomic E-state index is 13.1. The number of amides is 5. The highest BCUT2D eigenvalue weighted by atomic mass is 16.6. The summed E-state index contributed by atoms with van der Waals surface area (Å²) in [6, 6.07) is 3.32. The van der Waals surface area contributed by atoms with Crippen LogP contribution in [-0.4, -0.2) is 105 Å². The second-order valence-electron chi connectivity index (χ2n) is 10.1. The molecule has 1 unspecified atom stereocenters. The Bertz CT molecular complexity index is 1160. The van der Waals surface area contributed by atoms with Gasteiger partial charge in [0.1, 0.15) is 24.9 Å². The average molecular weight is 578 g/mol. The molecule has 3 rings (SSSR count). The Balaban J connectivity index is 1.30. The van der Waals surface area contributed by atoms with E-state index in [1.165, 1.54) is 18.2 Å². The summed E-state index contributed by atoms with van der Waals surface area (Å²) < 4.78 is 26.3. The molecule has 1 saturated heterocycles. The first kappa shape index (κ1) is 31.8. The smallest absolute Gasteiger partial charge is 0.332 e. The number of piperidine rings is 1. The highest BCUT2D eigenvalue weighted by Crippen LogP contribution is 2.32. The lowest BCUT2D eigenvalue weighted by Crippen LogP contribution is -2.54. The van der Waals surface area contributed by atoms with Gasteiger partial charge < -0.3 is 29.0 Å². The maximum Gasteiger partial charge on any atom is 0.332 e. The fraction of sp³-hybridized carbons (Fsp3) is 0.556. The molecule has 2 N–H and O–H groups in total. The largest absolute Gasteiger partial charge is 0.458 e. The van der Waals surface area contributed by atoms with Crippen LogP contribution in [0.15, 0.2) is 18.2 Å². The molecule has 14 nitrogen and oxygen atoms in total. The predicted octanol–water partition coefficient (Wildman–Crippen LogP) is 0.434. The molecule has 41 heavy (non-hydrogen) atoms. The first-order chi connectivity index (χ1) is 19.5. The zero-order valence-electron chi connectivity index (χ0n) is 23.3. The lowest BCUT2D eigenvalue weighted by molar-refractivity contribution is -0.160. The van der Waals surface area contributed by atoms with Crippen molar-refractivity contribution in [3.8, 4) is 0 Å². The van der Waals surface area contributed by atoms with Gasteiger partial charge in [0.25, 0.3) is 11.8 Å². The molecule has 1 aromatic carbocycles. The van der Waals surface area contributed by atoms with Crippen LogP contribution in [0.5, 0.6) is 0 Å². The lowest BCUT2D eigenvalue weighted by atomic mass is 10.0. The number of rotatable bonds is 15. The number of carbonyl (C=O) groups excluding carboxylic acids is 6. The van der Waals surface area contributed by atoms with E-state index in [9.17, 15) is 28.8 Å². The third kappa shape index (κ3) is 9.42. The van der Waals surface area contributed by atoms with E-state index >= 15 is 0 Å². The molecule has 1 aromatic rings. The molecule has 224 valence electrons. The van der Waals surface area contributed by atoms with Crippen LogP contribution in [0.1, 0.15) is 54.3 Å². The number of esters is 1. The molecular formula is C27H35N3O11. The van der Waals surface area contributed by atoms with Gasteiger partial charge in [-0.3, -0.25) is 34.2 Å². The molecule has 2 heterocycles. The Kier molecular flexibility index (Phi) is 11.5. The molecule has 2 aliphatic rings. The minimum Gasteiger partial charge on any atom is -0.458 e. The number of nitrogens with zero attached hydrogens (tertiary/aromatic N) is 1. The highest BCUT2D eigenvalue weighted by Gasteiger charge is 2.45. The van der Waals surface area contributed by atoms with Crippen LogP contribution in [0.4, 0.5) is 5.69 Å². The Morgan fingerprint density at radius 2 is 1.51 bits per heavy atom. The van der Waals surface area contributed by atoms with Gasteiger partial charge in [-0.1, -0.05) is 6.07 Å². The van der Waals surface area contributed by atoms with Crippen LogP contribution in [0.2, 0.25) is 0 Å². The van der Waals surface area contributed by atoms with E-state index in [0.29, 0.717) is 6.61 Å². The molecule has 0 aromatic heterocycles. The van der Waals surface area contributed by atoms with Crippen LogP contribution in [-0.2, 0) is 42.9 Å². The first-order valence-corrected chi connectivity index (χ1v) is 13.1. The summed E-state index contributed by atoms with van der Waals surface area (Å²) in [5, 5.41) is 4.71. The van der Waals surface area contributed by atoms with Crippen molar-refractivity contribution in [1.82, 2.24) is 10.2 Å². The Morgan fingerprint density at radius 1 is 0.902 bits per heavy atom. The Hall–Kier alpha value is -3.72. The number of hydrogen-bond acceptors (Lipinski definition) is 11. The molecule has 1 fully saturated rings. The second kappa shape index (κ2) is 14.8. The Labute approximate surface area is 236 Å². The summed E-state index contributed by atoms with van der Waals surface area (Å²) in [6.45, 7) is 6.30. The van der Waals surface area contributed by atoms with Crippen molar-refractivity contribution in [2.45, 2.75) is 45.3 Å². The van der Waals surface area contributed by atoms with E-state index < -0.39 is 47.1 Å². The minimum atomic E-state index is -1.10. The van der Waals surface area contributed by atoms with E-state index in [1.807, 2.05) is 0 Å². The van der Waals surface area contributed by atoms with Crippen LogP contribution in [0, 0.1) is 0 Å². The highest BCUT2D eigenvalue weighted by molar-refractivity contribution is 6.26. The van der Waals surface area contributed by atoms with E-state index in [4.69, 9.17) is 23.7 Å². The maximum absolute atomic E-state index is 13.1. The van der Waals surface area contributed by atoms with Crippen LogP contribution in [0.25, 0.3) is 0 Å². The van der Waals surface area contributed by atoms with E-state index in [0.717, 1.165) is 4.90 Å². The summed E-state index contributed by atoms with van der Waals surface area (Å²) in [7, 11) is 0. The van der Waals surface area contributed by atoms with Gasteiger partial charge in [0, 0.05) is 6.42 Å². The molecule has 2 aliphatic heterocycles. The van der Waals surface area contributed by atoms with Gasteiger partial charge in [0.05, 0.1) is 56.5 Å². The number of benzene rings is 1. The van der Waals surface area contributed by atoms with Crippen molar-refractivity contribution in [3.05, 3.63) is 29.3 Å². The fourth-order valence-electron chi connectivity index (χ4n) is 4.05. The van der Waals surface area contributed by atoms with Gasteiger partial charge in [-0.15, -0.1) is 0 Å². The number of hydrogen-bond donors (Lipinski definition) is 2. The predicted molar refractivity (Wildman–Crippen MR) is 141 cm³/mol. The molecule has 0 spiro atoms. The molecule has 1 atom stereocenters. The number of nitrogens with one attached hydrogen (secondary N) is 2. The standard InChI is InChI=1S/C27H35N3O11/c1-27(2,3)41-22(33)16-40-14-12-38-10-9-37-11-13-39-15-21(32)28-18-6-4-5-17-23(18)26(36)30(25(17)35)19-7-8-20(31)29-24(19)34/h4-6,19H,7-16H2,1-3H3,(H,28,32)(H,29,31,34). The van der Waals surface area contributed by atoms with Gasteiger partial charge >= 0.3 is 5.97 Å². The molecule has 0 saturated carbocycles. The van der Waals surface area contributed by atoms with Gasteiger partial charge in [-0.25, -0.2) is 4.79 Å². The number of ether oxygens (including phenoxy) is 5. The summed E-state index contributed by atoms with van der Waals surface area (Å²) in [5.74, 6) is -3.56. The van der Waals surface area contributed by atoms with E-state index in [-0.39, 0.29) is 75.9 Å². The van der Waals surface area contributed by atoms with Gasteiger partial charge in [-0.2, -0.15) is 0 Å². The van der Waals surface area contributed by atoms with Crippen molar-refractivity contribution >= 4 is 41.2 Å². The molecule has 0 bridgehead atoms. The minimum absolute atomic E-state index is 0.00776. The van der Waals surface area contributed by atoms with Crippen LogP contribution >= 0.6 is 0 Å². The number of imide groups is 2. The van der Waals surface area contributed by atoms with Crippen molar-refractivity contribution in [3.63, 3.8) is 0 Å². The summed E-state index contributed by atoms with van der Waals surface area (Å²) in [4.78, 5) is 74.4. The first-order valence-electron chi connectivity index (χ1n) is 13.1. The average Bonchev–Trinajstić information content (AvgIpc) is 3.14. The van der Waals surface area contributed by atoms with Crippen molar-refractivity contribution in [1.29, 1.82) is 0 Å². The zero-order valence-corrected chi connectivity index (χ0v) is 23.3. The number of carbonyl (C=O) groups is 6. The van der Waals surface area contributed by atoms with Gasteiger partial charge in [-0.05, 0) is 39.3 Å². The monoisotopic (exact) mass is 577 g/mol. The molecule has 14 heteroatoms. The number of anilines is 1. The van der Waals surface area contributed by atoms with Gasteiger partial charge in [0.15, 0.2) is 0 Å². The SMILES string of the molecule is CC(C)(C)OC(=O)COCCOCCOCCOCC(=O)Nc1cccc2c1C(=O)N(C1CCC(=O)NC1=O)C2=O. The third-order valence-electron chi connectivity index (χ3n) is 5.73. The lowest BCUT2D eigenvalue weighted by Gasteiger charge is -2.27. The zero-order chi connectivity index (χ0) is 30.0.